The second-order valence-electron chi connectivity index (χ2n) is 3.37. The lowest BCUT2D eigenvalue weighted by Crippen LogP contribution is -2.24. The van der Waals surface area contributed by atoms with Crippen molar-refractivity contribution in [1.29, 1.82) is 0 Å². The summed E-state index contributed by atoms with van der Waals surface area (Å²) in [7, 11) is 0. The highest BCUT2D eigenvalue weighted by Gasteiger charge is 2.14. The Balaban J connectivity index is 0. The van der Waals surface area contributed by atoms with E-state index < -0.39 is 0 Å². The summed E-state index contributed by atoms with van der Waals surface area (Å²) in [6.07, 6.45) is 1.07. The second-order valence-corrected chi connectivity index (χ2v) is 3.37. The Kier molecular flexibility index (Phi) is 11.8. The summed E-state index contributed by atoms with van der Waals surface area (Å²) in [6.45, 7) is 13.4. The normalized spacial score (nSPS) is 12.7. The van der Waals surface area contributed by atoms with Crippen LogP contribution in [-0.2, 0) is 0 Å². The van der Waals surface area contributed by atoms with Gasteiger partial charge in [0, 0.05) is 13.1 Å². The zero-order valence-electron chi connectivity index (χ0n) is 10.1. The van der Waals surface area contributed by atoms with Gasteiger partial charge in [-0.05, 0) is 18.8 Å². The maximum Gasteiger partial charge on any atom is 0.0321 e. The van der Waals surface area contributed by atoms with Crippen molar-refractivity contribution in [3.63, 3.8) is 0 Å². The Hall–Kier alpha value is -0.110. The molecular weight excluding hydrogens is 165 g/mol. The van der Waals surface area contributed by atoms with Crippen LogP contribution in [0.1, 0.15) is 48.0 Å². The molecule has 0 aliphatic rings. The number of hydrogen-bond donors (Lipinski definition) is 0. The van der Waals surface area contributed by atoms with Gasteiger partial charge < -0.3 is 0 Å². The average Bonchev–Trinajstić information content (AvgIpc) is 2.16. The van der Waals surface area contributed by atoms with E-state index >= 15 is 0 Å². The van der Waals surface area contributed by atoms with Gasteiger partial charge in [-0.3, -0.25) is 0 Å². The van der Waals surface area contributed by atoms with Crippen LogP contribution in [0.4, 0.5) is 4.48 Å². The molecule has 2 heteroatoms. The van der Waals surface area contributed by atoms with Gasteiger partial charge in [0.15, 0.2) is 0 Å². The van der Waals surface area contributed by atoms with Gasteiger partial charge in [-0.2, -0.15) is 0 Å². The van der Waals surface area contributed by atoms with E-state index in [-0.39, 0.29) is 0 Å². The van der Waals surface area contributed by atoms with Crippen molar-refractivity contribution in [3.05, 3.63) is 0 Å². The van der Waals surface area contributed by atoms with Crippen molar-refractivity contribution >= 4 is 0 Å². The molecule has 0 saturated heterocycles. The third-order valence-electron chi connectivity index (χ3n) is 2.24. The topological polar surface area (TPSA) is 3.24 Å². The molecule has 0 aromatic carbocycles. The zero-order valence-corrected chi connectivity index (χ0v) is 10.1. The van der Waals surface area contributed by atoms with Crippen LogP contribution in [0, 0.1) is 11.8 Å². The molecule has 0 bridgehead atoms. The monoisotopic (exact) mass is 191 g/mol. The number of hydrogen-bond acceptors (Lipinski definition) is 1. The molecule has 0 N–H and O–H groups in total. The third kappa shape index (κ3) is 8.23. The first-order valence-electron chi connectivity index (χ1n) is 5.52. The van der Waals surface area contributed by atoms with E-state index in [1.807, 2.05) is 20.8 Å². The molecule has 0 aromatic rings. The third-order valence-corrected chi connectivity index (χ3v) is 2.24. The molecule has 1 unspecified atom stereocenters. The van der Waals surface area contributed by atoms with Crippen molar-refractivity contribution in [2.45, 2.75) is 48.0 Å². The predicted molar refractivity (Wildman–Crippen MR) is 58.3 cm³/mol. The van der Waals surface area contributed by atoms with Crippen LogP contribution in [0.15, 0.2) is 0 Å². The van der Waals surface area contributed by atoms with E-state index in [0.717, 1.165) is 11.5 Å². The quantitative estimate of drug-likeness (QED) is 0.596. The highest BCUT2D eigenvalue weighted by atomic mass is 19.2. The van der Waals surface area contributed by atoms with E-state index in [1.165, 1.54) is 0 Å². The minimum atomic E-state index is 0.500. The maximum absolute atomic E-state index is 12.8. The van der Waals surface area contributed by atoms with Crippen LogP contribution in [0.2, 0.25) is 0 Å². The molecule has 1 nitrogen and oxygen atoms in total. The fraction of sp³-hybridized carbons (Fsp3) is 1.00. The van der Waals surface area contributed by atoms with Gasteiger partial charge in [-0.15, -0.1) is 9.60 Å². The SMILES string of the molecule is CC.CCC(CN(F)CC)C(C)C. The maximum atomic E-state index is 12.8. The number of halogens is 1. The lowest BCUT2D eigenvalue weighted by molar-refractivity contribution is 0.00645. The van der Waals surface area contributed by atoms with Gasteiger partial charge >= 0.3 is 0 Å². The van der Waals surface area contributed by atoms with Gasteiger partial charge in [0.1, 0.15) is 0 Å². The Bertz CT molecular complexity index is 94.1. The first kappa shape index (κ1) is 15.4. The minimum absolute atomic E-state index is 0.500. The van der Waals surface area contributed by atoms with E-state index in [2.05, 4.69) is 20.8 Å². The molecule has 82 valence electrons. The molecule has 13 heavy (non-hydrogen) atoms. The predicted octanol–water partition coefficient (Wildman–Crippen LogP) is 3.90. The van der Waals surface area contributed by atoms with Crippen LogP contribution in [0.3, 0.4) is 0 Å². The molecule has 0 heterocycles. The fourth-order valence-corrected chi connectivity index (χ4v) is 1.19. The number of nitrogens with zero attached hydrogens (tertiary/aromatic N) is 1. The van der Waals surface area contributed by atoms with Crippen molar-refractivity contribution in [1.82, 2.24) is 5.12 Å². The van der Waals surface area contributed by atoms with E-state index in [4.69, 9.17) is 0 Å². The summed E-state index contributed by atoms with van der Waals surface area (Å²) < 4.78 is 12.8. The van der Waals surface area contributed by atoms with Crippen LogP contribution in [0.5, 0.6) is 0 Å². The molecule has 0 aromatic heterocycles. The molecule has 0 rings (SSSR count). The first-order valence-corrected chi connectivity index (χ1v) is 5.52. The number of rotatable bonds is 5. The summed E-state index contributed by atoms with van der Waals surface area (Å²) in [5.41, 5.74) is 0. The summed E-state index contributed by atoms with van der Waals surface area (Å²) in [5, 5.41) is 0.897. The molecule has 0 spiro atoms. The molecule has 0 fully saturated rings. The summed E-state index contributed by atoms with van der Waals surface area (Å²) in [4.78, 5) is 0. The molecule has 0 amide bonds. The Labute approximate surface area is 83.3 Å². The van der Waals surface area contributed by atoms with Crippen LogP contribution in [-0.4, -0.2) is 18.2 Å². The Morgan fingerprint density at radius 1 is 1.15 bits per heavy atom. The molecule has 1 atom stereocenters. The van der Waals surface area contributed by atoms with Gasteiger partial charge in [0.2, 0.25) is 0 Å². The van der Waals surface area contributed by atoms with Crippen molar-refractivity contribution in [2.24, 2.45) is 11.8 Å². The van der Waals surface area contributed by atoms with E-state index in [1.54, 1.807) is 0 Å². The molecule has 0 aliphatic heterocycles. The summed E-state index contributed by atoms with van der Waals surface area (Å²) in [6, 6.07) is 0. The lowest BCUT2D eigenvalue weighted by atomic mass is 9.93. The smallest absolute Gasteiger partial charge is 0.0321 e. The highest BCUT2D eigenvalue weighted by Crippen LogP contribution is 2.16. The second kappa shape index (κ2) is 9.97. The molecular formula is C11H26FN. The zero-order chi connectivity index (χ0) is 10.9. The Morgan fingerprint density at radius 2 is 1.62 bits per heavy atom. The summed E-state index contributed by atoms with van der Waals surface area (Å²) in [5.74, 6) is 1.09. The fourth-order valence-electron chi connectivity index (χ4n) is 1.19. The van der Waals surface area contributed by atoms with Crippen molar-refractivity contribution in [3.8, 4) is 0 Å². The van der Waals surface area contributed by atoms with Gasteiger partial charge in [0.05, 0.1) is 0 Å². The van der Waals surface area contributed by atoms with E-state index in [0.29, 0.717) is 24.9 Å². The van der Waals surface area contributed by atoms with Crippen molar-refractivity contribution in [2.75, 3.05) is 13.1 Å². The van der Waals surface area contributed by atoms with Crippen molar-refractivity contribution < 1.29 is 4.48 Å². The minimum Gasteiger partial charge on any atom is -0.146 e. The summed E-state index contributed by atoms with van der Waals surface area (Å²) >= 11 is 0. The van der Waals surface area contributed by atoms with Crippen LogP contribution >= 0.6 is 0 Å². The molecule has 0 radical (unpaired) electrons. The first-order chi connectivity index (χ1) is 6.11. The van der Waals surface area contributed by atoms with Crippen LogP contribution < -0.4 is 0 Å². The van der Waals surface area contributed by atoms with Crippen LogP contribution in [0.25, 0.3) is 0 Å². The van der Waals surface area contributed by atoms with Gasteiger partial charge in [-0.25, -0.2) is 0 Å². The highest BCUT2D eigenvalue weighted by molar-refractivity contribution is 4.62. The average molecular weight is 191 g/mol. The lowest BCUT2D eigenvalue weighted by Gasteiger charge is -2.21. The molecule has 0 saturated carbocycles. The largest absolute Gasteiger partial charge is 0.146 e. The Morgan fingerprint density at radius 3 is 1.85 bits per heavy atom. The molecule has 0 aliphatic carbocycles. The standard InChI is InChI=1S/C9H20FN.C2H6/c1-5-9(8(3)4)7-11(10)6-2;1-2/h8-9H,5-7H2,1-4H3;1-2H3. The van der Waals surface area contributed by atoms with Gasteiger partial charge in [-0.1, -0.05) is 41.0 Å². The van der Waals surface area contributed by atoms with E-state index in [9.17, 15) is 4.48 Å². The van der Waals surface area contributed by atoms with Gasteiger partial charge in [0.25, 0.3) is 0 Å².